The van der Waals surface area contributed by atoms with E-state index >= 15 is 0 Å². The Bertz CT molecular complexity index is 492. The topological polar surface area (TPSA) is 71.0 Å². The molecule has 0 aromatic rings. The number of ether oxygens (including phenoxy) is 1. The summed E-state index contributed by atoms with van der Waals surface area (Å²) in [6, 6.07) is 0. The minimum absolute atomic E-state index is 0. The third-order valence-electron chi connectivity index (χ3n) is 4.58. The Morgan fingerprint density at radius 2 is 2.04 bits per heavy atom. The molecule has 0 radical (unpaired) electrons. The lowest BCUT2D eigenvalue weighted by molar-refractivity contribution is 0.150. The van der Waals surface area contributed by atoms with Crippen LogP contribution in [0.15, 0.2) is 4.99 Å². The molecule has 0 unspecified atom stereocenters. The third kappa shape index (κ3) is 6.74. The molecule has 6 nitrogen and oxygen atoms in total. The quantitative estimate of drug-likeness (QED) is 0.271. The summed E-state index contributed by atoms with van der Waals surface area (Å²) in [5, 5.41) is 3.35. The van der Waals surface area contributed by atoms with E-state index in [9.17, 15) is 8.42 Å². The number of nitrogens with one attached hydrogen (secondary N) is 1. The van der Waals surface area contributed by atoms with Gasteiger partial charge in [0.25, 0.3) is 0 Å². The van der Waals surface area contributed by atoms with Crippen molar-refractivity contribution in [1.29, 1.82) is 0 Å². The fourth-order valence-electron chi connectivity index (χ4n) is 3.16. The molecule has 23 heavy (non-hydrogen) atoms. The monoisotopic (exact) mass is 459 g/mol. The van der Waals surface area contributed by atoms with Crippen molar-refractivity contribution >= 4 is 39.8 Å². The number of rotatable bonds is 7. The van der Waals surface area contributed by atoms with Crippen LogP contribution in [0.2, 0.25) is 0 Å². The standard InChI is InChI=1S/C15H29N3O3S.HI/c1-3-16-14(17-8-10-21-11-12-22(2,19)20)18-9-7-15(13-18)5-4-6-15;/h3-13H2,1-2H3,(H,16,17);1H. The number of hydrogen-bond acceptors (Lipinski definition) is 4. The van der Waals surface area contributed by atoms with E-state index in [1.807, 2.05) is 0 Å². The van der Waals surface area contributed by atoms with Gasteiger partial charge in [0.15, 0.2) is 5.96 Å². The Labute approximate surface area is 157 Å². The zero-order valence-electron chi connectivity index (χ0n) is 14.2. The number of halogens is 1. The van der Waals surface area contributed by atoms with Crippen LogP contribution in [-0.4, -0.2) is 70.7 Å². The van der Waals surface area contributed by atoms with E-state index < -0.39 is 9.84 Å². The highest BCUT2D eigenvalue weighted by molar-refractivity contribution is 14.0. The molecule has 0 amide bonds. The van der Waals surface area contributed by atoms with E-state index in [-0.39, 0.29) is 36.3 Å². The number of hydrogen-bond donors (Lipinski definition) is 1. The molecule has 1 aliphatic carbocycles. The molecular weight excluding hydrogens is 429 g/mol. The van der Waals surface area contributed by atoms with Crippen LogP contribution in [0.1, 0.15) is 32.6 Å². The predicted molar refractivity (Wildman–Crippen MR) is 104 cm³/mol. The zero-order chi connectivity index (χ0) is 16.1. The summed E-state index contributed by atoms with van der Waals surface area (Å²) in [5.74, 6) is 1.05. The highest BCUT2D eigenvalue weighted by atomic mass is 127. The van der Waals surface area contributed by atoms with E-state index in [1.54, 1.807) is 0 Å². The van der Waals surface area contributed by atoms with Gasteiger partial charge in [-0.05, 0) is 31.6 Å². The van der Waals surface area contributed by atoms with Crippen LogP contribution in [0.25, 0.3) is 0 Å². The first kappa shape index (κ1) is 21.0. The van der Waals surface area contributed by atoms with Crippen LogP contribution in [-0.2, 0) is 14.6 Å². The maximum absolute atomic E-state index is 11.0. The molecule has 136 valence electrons. The molecule has 0 aromatic heterocycles. The molecule has 1 spiro atoms. The second kappa shape index (κ2) is 9.41. The van der Waals surface area contributed by atoms with Crippen molar-refractivity contribution in [2.24, 2.45) is 10.4 Å². The van der Waals surface area contributed by atoms with E-state index in [1.165, 1.54) is 31.9 Å². The Morgan fingerprint density at radius 3 is 2.57 bits per heavy atom. The Hall–Kier alpha value is -0.0900. The summed E-state index contributed by atoms with van der Waals surface area (Å²) in [6.45, 7) is 6.41. The van der Waals surface area contributed by atoms with Gasteiger partial charge in [0.2, 0.25) is 0 Å². The largest absolute Gasteiger partial charge is 0.378 e. The number of nitrogens with zero attached hydrogens (tertiary/aromatic N) is 2. The maximum Gasteiger partial charge on any atom is 0.194 e. The Balaban J connectivity index is 0.00000264. The van der Waals surface area contributed by atoms with E-state index in [0.717, 1.165) is 25.6 Å². The second-order valence-electron chi connectivity index (χ2n) is 6.50. The van der Waals surface area contributed by atoms with Crippen molar-refractivity contribution in [3.8, 4) is 0 Å². The molecule has 0 aromatic carbocycles. The number of sulfone groups is 1. The maximum atomic E-state index is 11.0. The molecule has 1 aliphatic heterocycles. The Kier molecular flexibility index (Phi) is 8.57. The third-order valence-corrected chi connectivity index (χ3v) is 5.49. The van der Waals surface area contributed by atoms with Crippen molar-refractivity contribution in [2.75, 3.05) is 51.4 Å². The number of guanidine groups is 1. The summed E-state index contributed by atoms with van der Waals surface area (Å²) in [4.78, 5) is 6.97. The first-order chi connectivity index (χ1) is 10.4. The van der Waals surface area contributed by atoms with Crippen LogP contribution in [0.4, 0.5) is 0 Å². The van der Waals surface area contributed by atoms with E-state index in [4.69, 9.17) is 4.74 Å². The van der Waals surface area contributed by atoms with Crippen LogP contribution in [0.5, 0.6) is 0 Å². The fourth-order valence-corrected chi connectivity index (χ4v) is 3.58. The van der Waals surface area contributed by atoms with Crippen molar-refractivity contribution in [3.05, 3.63) is 0 Å². The van der Waals surface area contributed by atoms with Crippen molar-refractivity contribution < 1.29 is 13.2 Å². The van der Waals surface area contributed by atoms with Gasteiger partial charge in [0.1, 0.15) is 9.84 Å². The predicted octanol–water partition coefficient (Wildman–Crippen LogP) is 1.51. The van der Waals surface area contributed by atoms with Gasteiger partial charge in [-0.1, -0.05) is 6.42 Å². The molecule has 1 saturated carbocycles. The van der Waals surface area contributed by atoms with Crippen LogP contribution in [0.3, 0.4) is 0 Å². The molecule has 2 rings (SSSR count). The van der Waals surface area contributed by atoms with Crippen LogP contribution >= 0.6 is 24.0 Å². The molecule has 1 heterocycles. The van der Waals surface area contributed by atoms with E-state index in [0.29, 0.717) is 18.6 Å². The first-order valence-electron chi connectivity index (χ1n) is 8.23. The Morgan fingerprint density at radius 1 is 1.30 bits per heavy atom. The lowest BCUT2D eigenvalue weighted by atomic mass is 9.68. The van der Waals surface area contributed by atoms with Gasteiger partial charge >= 0.3 is 0 Å². The summed E-state index contributed by atoms with van der Waals surface area (Å²) < 4.78 is 27.3. The molecule has 0 atom stereocenters. The minimum atomic E-state index is -2.94. The van der Waals surface area contributed by atoms with Gasteiger partial charge < -0.3 is 15.0 Å². The molecule has 2 fully saturated rings. The smallest absolute Gasteiger partial charge is 0.194 e. The number of likely N-dealkylation sites (tertiary alicyclic amines) is 1. The molecular formula is C15H30IN3O3S. The SMILES string of the molecule is CCNC(=NCCOCCS(C)(=O)=O)N1CCC2(CCC2)C1.I. The minimum Gasteiger partial charge on any atom is -0.378 e. The van der Waals surface area contributed by atoms with Crippen LogP contribution in [0, 0.1) is 5.41 Å². The second-order valence-corrected chi connectivity index (χ2v) is 8.76. The lowest BCUT2D eigenvalue weighted by Crippen LogP contribution is -2.42. The fraction of sp³-hybridized carbons (Fsp3) is 0.933. The highest BCUT2D eigenvalue weighted by Crippen LogP contribution is 2.47. The summed E-state index contributed by atoms with van der Waals surface area (Å²) >= 11 is 0. The zero-order valence-corrected chi connectivity index (χ0v) is 17.4. The first-order valence-corrected chi connectivity index (χ1v) is 10.3. The molecule has 1 saturated heterocycles. The molecule has 8 heteroatoms. The molecule has 0 bridgehead atoms. The normalized spacial score (nSPS) is 20.3. The summed E-state index contributed by atoms with van der Waals surface area (Å²) in [5.41, 5.74) is 0.558. The van der Waals surface area contributed by atoms with Gasteiger partial charge in [0, 0.05) is 25.9 Å². The van der Waals surface area contributed by atoms with Gasteiger partial charge in [-0.15, -0.1) is 24.0 Å². The summed E-state index contributed by atoms with van der Waals surface area (Å²) in [7, 11) is -2.94. The lowest BCUT2D eigenvalue weighted by Gasteiger charge is -2.38. The van der Waals surface area contributed by atoms with Gasteiger partial charge in [0.05, 0.1) is 25.5 Å². The summed E-state index contributed by atoms with van der Waals surface area (Å²) in [6.07, 6.45) is 6.59. The highest BCUT2D eigenvalue weighted by Gasteiger charge is 2.43. The van der Waals surface area contributed by atoms with Crippen molar-refractivity contribution in [3.63, 3.8) is 0 Å². The van der Waals surface area contributed by atoms with Crippen molar-refractivity contribution in [1.82, 2.24) is 10.2 Å². The van der Waals surface area contributed by atoms with Gasteiger partial charge in [-0.3, -0.25) is 4.99 Å². The molecule has 2 aliphatic rings. The average Bonchev–Trinajstić information content (AvgIpc) is 2.85. The van der Waals surface area contributed by atoms with Gasteiger partial charge in [-0.2, -0.15) is 0 Å². The van der Waals surface area contributed by atoms with E-state index in [2.05, 4.69) is 22.1 Å². The number of aliphatic imine (C=N–C) groups is 1. The van der Waals surface area contributed by atoms with Crippen molar-refractivity contribution in [2.45, 2.75) is 32.6 Å². The molecule has 1 N–H and O–H groups in total. The average molecular weight is 459 g/mol. The van der Waals surface area contributed by atoms with Crippen LogP contribution < -0.4 is 5.32 Å². The van der Waals surface area contributed by atoms with Gasteiger partial charge in [-0.25, -0.2) is 8.42 Å².